The molecule has 0 aliphatic carbocycles. The van der Waals surface area contributed by atoms with E-state index < -0.39 is 0 Å². The fourth-order valence-corrected chi connectivity index (χ4v) is 1.06. The fraction of sp³-hybridized carbons (Fsp3) is 0.667. The number of hydrogen-bond acceptors (Lipinski definition) is 3. The molecule has 0 saturated carbocycles. The van der Waals surface area contributed by atoms with Crippen LogP contribution in [0.2, 0.25) is 0 Å². The minimum atomic E-state index is 1.00. The number of ether oxygens (including phenoxy) is 1. The molecule has 0 atom stereocenters. The quantitative estimate of drug-likeness (QED) is 0.660. The zero-order valence-corrected chi connectivity index (χ0v) is 10.1. The maximum Gasteiger partial charge on any atom is 0.115 e. The highest BCUT2D eigenvalue weighted by atomic mass is 16.5. The number of aromatic nitrogens is 2. The van der Waals surface area contributed by atoms with Crippen molar-refractivity contribution < 1.29 is 4.74 Å². The largest absolute Gasteiger partial charge is 0.381 e. The summed E-state index contributed by atoms with van der Waals surface area (Å²) < 4.78 is 5.07. The molecule has 1 aliphatic heterocycles. The van der Waals surface area contributed by atoms with Crippen molar-refractivity contribution in [1.29, 1.82) is 0 Å². The first kappa shape index (κ1) is 14.0. The van der Waals surface area contributed by atoms with Crippen molar-refractivity contribution in [1.82, 2.24) is 9.97 Å². The summed E-state index contributed by atoms with van der Waals surface area (Å²) in [5.41, 5.74) is 1.10. The van der Waals surface area contributed by atoms with Gasteiger partial charge in [-0.05, 0) is 31.7 Å². The number of aryl methyl sites for hydroxylation is 1. The summed E-state index contributed by atoms with van der Waals surface area (Å²) in [5, 5.41) is 0. The van der Waals surface area contributed by atoms with E-state index in [-0.39, 0.29) is 0 Å². The van der Waals surface area contributed by atoms with Crippen LogP contribution in [0.3, 0.4) is 0 Å². The lowest BCUT2D eigenvalue weighted by molar-refractivity contribution is 0.0968. The third-order valence-electron chi connectivity index (χ3n) is 1.77. The lowest BCUT2D eigenvalue weighted by atomic mass is 10.2. The Kier molecular flexibility index (Phi) is 10.4. The van der Waals surface area contributed by atoms with Crippen LogP contribution >= 0.6 is 0 Å². The number of rotatable bonds is 0. The molecule has 0 bridgehead atoms. The van der Waals surface area contributed by atoms with Gasteiger partial charge >= 0.3 is 0 Å². The molecule has 0 unspecified atom stereocenters. The fourth-order valence-electron chi connectivity index (χ4n) is 1.06. The zero-order valence-electron chi connectivity index (χ0n) is 10.1. The van der Waals surface area contributed by atoms with Crippen molar-refractivity contribution in [2.24, 2.45) is 0 Å². The van der Waals surface area contributed by atoms with E-state index in [1.165, 1.54) is 25.6 Å². The van der Waals surface area contributed by atoms with Crippen LogP contribution in [0.5, 0.6) is 0 Å². The Labute approximate surface area is 92.9 Å². The van der Waals surface area contributed by atoms with Gasteiger partial charge in [-0.2, -0.15) is 0 Å². The van der Waals surface area contributed by atoms with Crippen LogP contribution in [-0.2, 0) is 4.74 Å². The van der Waals surface area contributed by atoms with E-state index in [1.54, 1.807) is 12.4 Å². The molecule has 3 heteroatoms. The van der Waals surface area contributed by atoms with Crippen molar-refractivity contribution in [2.75, 3.05) is 13.2 Å². The van der Waals surface area contributed by atoms with Crippen LogP contribution in [0.1, 0.15) is 38.7 Å². The van der Waals surface area contributed by atoms with Crippen molar-refractivity contribution in [3.8, 4) is 0 Å². The highest BCUT2D eigenvalue weighted by Gasteiger charge is 1.95. The van der Waals surface area contributed by atoms with Crippen LogP contribution in [0.15, 0.2) is 18.7 Å². The SMILES string of the molecule is C1CCOCC1.CC.Cc1cncnc1. The van der Waals surface area contributed by atoms with Crippen LogP contribution in [0.25, 0.3) is 0 Å². The lowest BCUT2D eigenvalue weighted by Crippen LogP contribution is -2.03. The molecule has 0 radical (unpaired) electrons. The summed E-state index contributed by atoms with van der Waals surface area (Å²) in [7, 11) is 0. The van der Waals surface area contributed by atoms with Gasteiger partial charge < -0.3 is 4.74 Å². The van der Waals surface area contributed by atoms with Gasteiger partial charge in [0.25, 0.3) is 0 Å². The first-order valence-electron chi connectivity index (χ1n) is 5.69. The summed E-state index contributed by atoms with van der Waals surface area (Å²) in [6.07, 6.45) is 8.99. The van der Waals surface area contributed by atoms with Crippen molar-refractivity contribution in [3.63, 3.8) is 0 Å². The van der Waals surface area contributed by atoms with Crippen molar-refractivity contribution >= 4 is 0 Å². The Balaban J connectivity index is 0.000000227. The third kappa shape index (κ3) is 9.35. The monoisotopic (exact) mass is 210 g/mol. The maximum atomic E-state index is 5.07. The first-order valence-corrected chi connectivity index (χ1v) is 5.69. The Morgan fingerprint density at radius 1 is 1.00 bits per heavy atom. The van der Waals surface area contributed by atoms with Crippen molar-refractivity contribution in [2.45, 2.75) is 40.0 Å². The van der Waals surface area contributed by atoms with Gasteiger partial charge in [-0.3, -0.25) is 0 Å². The summed E-state index contributed by atoms with van der Waals surface area (Å²) >= 11 is 0. The van der Waals surface area contributed by atoms with Gasteiger partial charge in [0.2, 0.25) is 0 Å². The Morgan fingerprint density at radius 2 is 1.53 bits per heavy atom. The predicted octanol–water partition coefficient (Wildman–Crippen LogP) is 3.00. The second kappa shape index (κ2) is 11.1. The first-order chi connectivity index (χ1) is 7.39. The van der Waals surface area contributed by atoms with Crippen LogP contribution in [-0.4, -0.2) is 23.2 Å². The van der Waals surface area contributed by atoms with Gasteiger partial charge in [0, 0.05) is 25.6 Å². The molecule has 1 aliphatic rings. The standard InChI is InChI=1S/C5H6N2.C5H10O.C2H6/c1-5-2-6-4-7-3-5;1-2-4-6-5-3-1;1-2/h2-4H,1H3;1-5H2;1-2H3. The van der Waals surface area contributed by atoms with Gasteiger partial charge in [-0.1, -0.05) is 13.8 Å². The summed E-state index contributed by atoms with van der Waals surface area (Å²) in [6.45, 7) is 7.96. The zero-order chi connectivity index (χ0) is 11.4. The van der Waals surface area contributed by atoms with Crippen LogP contribution < -0.4 is 0 Å². The van der Waals surface area contributed by atoms with E-state index in [0.29, 0.717) is 0 Å². The van der Waals surface area contributed by atoms with Crippen molar-refractivity contribution in [3.05, 3.63) is 24.3 Å². The van der Waals surface area contributed by atoms with E-state index >= 15 is 0 Å². The molecular formula is C12H22N2O. The highest BCUT2D eigenvalue weighted by Crippen LogP contribution is 2.02. The Bertz CT molecular complexity index is 199. The van der Waals surface area contributed by atoms with E-state index in [9.17, 15) is 0 Å². The molecule has 2 heterocycles. The average molecular weight is 210 g/mol. The molecule has 0 amide bonds. The molecule has 0 aromatic carbocycles. The minimum absolute atomic E-state index is 1.00. The molecule has 0 spiro atoms. The Morgan fingerprint density at radius 3 is 1.73 bits per heavy atom. The highest BCUT2D eigenvalue weighted by molar-refractivity contribution is 4.96. The third-order valence-corrected chi connectivity index (χ3v) is 1.77. The molecule has 3 nitrogen and oxygen atoms in total. The van der Waals surface area contributed by atoms with Crippen LogP contribution in [0.4, 0.5) is 0 Å². The topological polar surface area (TPSA) is 35.0 Å². The average Bonchev–Trinajstić information content (AvgIpc) is 2.36. The van der Waals surface area contributed by atoms with E-state index in [0.717, 1.165) is 18.8 Å². The number of nitrogens with zero attached hydrogens (tertiary/aromatic N) is 2. The van der Waals surface area contributed by atoms with Gasteiger partial charge in [0.05, 0.1) is 0 Å². The van der Waals surface area contributed by atoms with Gasteiger partial charge in [-0.25, -0.2) is 9.97 Å². The van der Waals surface area contributed by atoms with Gasteiger partial charge in [-0.15, -0.1) is 0 Å². The predicted molar refractivity (Wildman–Crippen MR) is 62.8 cm³/mol. The molecule has 1 fully saturated rings. The van der Waals surface area contributed by atoms with Gasteiger partial charge in [0.15, 0.2) is 0 Å². The lowest BCUT2D eigenvalue weighted by Gasteiger charge is -2.08. The van der Waals surface area contributed by atoms with E-state index in [4.69, 9.17) is 4.74 Å². The second-order valence-corrected chi connectivity index (χ2v) is 3.09. The minimum Gasteiger partial charge on any atom is -0.381 e. The van der Waals surface area contributed by atoms with Gasteiger partial charge in [0.1, 0.15) is 6.33 Å². The van der Waals surface area contributed by atoms with E-state index in [1.807, 2.05) is 20.8 Å². The molecule has 1 saturated heterocycles. The van der Waals surface area contributed by atoms with E-state index in [2.05, 4.69) is 9.97 Å². The summed E-state index contributed by atoms with van der Waals surface area (Å²) in [4.78, 5) is 7.55. The second-order valence-electron chi connectivity index (χ2n) is 3.09. The molecule has 0 N–H and O–H groups in total. The smallest absolute Gasteiger partial charge is 0.115 e. The molecular weight excluding hydrogens is 188 g/mol. The number of hydrogen-bond donors (Lipinski definition) is 0. The summed E-state index contributed by atoms with van der Waals surface area (Å²) in [5.74, 6) is 0. The summed E-state index contributed by atoms with van der Waals surface area (Å²) in [6, 6.07) is 0. The molecule has 2 rings (SSSR count). The normalized spacial score (nSPS) is 14.1. The maximum absolute atomic E-state index is 5.07. The molecule has 1 aromatic rings. The molecule has 15 heavy (non-hydrogen) atoms. The molecule has 86 valence electrons. The Hall–Kier alpha value is -0.960. The van der Waals surface area contributed by atoms with Crippen LogP contribution in [0, 0.1) is 6.92 Å². The molecule has 1 aromatic heterocycles.